The highest BCUT2D eigenvalue weighted by Crippen LogP contribution is 2.43. The summed E-state index contributed by atoms with van der Waals surface area (Å²) >= 11 is 0. The summed E-state index contributed by atoms with van der Waals surface area (Å²) in [6.07, 6.45) is -0.484. The number of rotatable bonds is 6. The molecule has 0 heterocycles. The zero-order valence-electron chi connectivity index (χ0n) is 13.5. The van der Waals surface area contributed by atoms with Crippen LogP contribution in [0.5, 0.6) is 0 Å². The number of hydrogen-bond acceptors (Lipinski definition) is 5. The molecule has 25 heavy (non-hydrogen) atoms. The first-order valence-corrected chi connectivity index (χ1v) is 9.24. The van der Waals surface area contributed by atoms with Gasteiger partial charge in [-0.15, -0.1) is 0 Å². The van der Waals surface area contributed by atoms with Crippen molar-refractivity contribution < 1.29 is 40.5 Å². The van der Waals surface area contributed by atoms with E-state index < -0.39 is 46.0 Å². The van der Waals surface area contributed by atoms with Crippen LogP contribution in [0.4, 0.5) is 13.2 Å². The van der Waals surface area contributed by atoms with Gasteiger partial charge >= 0.3 is 21.3 Å². The summed E-state index contributed by atoms with van der Waals surface area (Å²) < 4.78 is 73.6. The summed E-state index contributed by atoms with van der Waals surface area (Å²) in [6.45, 7) is 0.780. The Morgan fingerprint density at radius 3 is 2.72 bits per heavy atom. The molecular weight excluding hydrogens is 365 g/mol. The van der Waals surface area contributed by atoms with Crippen molar-refractivity contribution in [3.8, 4) is 0 Å². The number of ketones is 1. The number of carbonyl (C=O) groups excluding carboxylic acids is 2. The van der Waals surface area contributed by atoms with Crippen LogP contribution < -0.4 is 0 Å². The Balaban J connectivity index is 1.97. The van der Waals surface area contributed by atoms with E-state index in [-0.39, 0.29) is 18.1 Å². The number of halogens is 3. The second kappa shape index (κ2) is 6.71. The molecular formula is C15H19F3O6S. The highest BCUT2D eigenvalue weighted by atomic mass is 32.2. The van der Waals surface area contributed by atoms with Gasteiger partial charge in [-0.1, -0.05) is 6.08 Å². The van der Waals surface area contributed by atoms with Crippen LogP contribution in [0.15, 0.2) is 11.6 Å². The molecule has 0 saturated heterocycles. The lowest BCUT2D eigenvalue weighted by atomic mass is 9.67. The van der Waals surface area contributed by atoms with Crippen molar-refractivity contribution >= 4 is 21.9 Å². The van der Waals surface area contributed by atoms with Crippen molar-refractivity contribution in [3.05, 3.63) is 11.6 Å². The Hall–Kier alpha value is -1.42. The molecule has 0 spiro atoms. The van der Waals surface area contributed by atoms with Gasteiger partial charge in [-0.2, -0.15) is 17.2 Å². The molecule has 2 aliphatic carbocycles. The Bertz CT molecular complexity index is 702. The van der Waals surface area contributed by atoms with Crippen LogP contribution in [0.25, 0.3) is 0 Å². The Labute approximate surface area is 143 Å². The lowest BCUT2D eigenvalue weighted by Gasteiger charge is -2.36. The van der Waals surface area contributed by atoms with E-state index in [4.69, 9.17) is 9.29 Å². The maximum Gasteiger partial charge on any atom is 0.400 e. The fourth-order valence-corrected chi connectivity index (χ4v) is 3.68. The summed E-state index contributed by atoms with van der Waals surface area (Å²) in [5.74, 6) is -1.07. The molecule has 10 heteroatoms. The third kappa shape index (κ3) is 3.89. The van der Waals surface area contributed by atoms with Crippen molar-refractivity contribution in [2.24, 2.45) is 11.3 Å². The Kier molecular flexibility index (Phi) is 5.34. The molecule has 0 aromatic carbocycles. The summed E-state index contributed by atoms with van der Waals surface area (Å²) in [7, 11) is -5.90. The van der Waals surface area contributed by atoms with Gasteiger partial charge in [0.1, 0.15) is 0 Å². The van der Waals surface area contributed by atoms with Gasteiger partial charge in [0.05, 0.1) is 12.0 Å². The van der Waals surface area contributed by atoms with Crippen LogP contribution >= 0.6 is 0 Å². The van der Waals surface area contributed by atoms with Crippen LogP contribution in [0, 0.1) is 11.3 Å². The standard InChI is InChI=1S/C15H19F3O6S/c1-14(7-9-3-2-4-10(8-14)12(9)19)13(20)24-6-5-11(16)15(17,18)25(21,22)23/h7,10-11H,2-6,8H2,1H3,(H,21,22,23). The molecule has 0 radical (unpaired) electrons. The average Bonchev–Trinajstić information content (AvgIpc) is 2.47. The second-order valence-electron chi connectivity index (χ2n) is 6.67. The van der Waals surface area contributed by atoms with E-state index in [2.05, 4.69) is 0 Å². The topological polar surface area (TPSA) is 97.7 Å². The molecule has 2 rings (SSSR count). The molecule has 0 aliphatic heterocycles. The van der Waals surface area contributed by atoms with E-state index in [1.807, 2.05) is 0 Å². The molecule has 3 unspecified atom stereocenters. The predicted octanol–water partition coefficient (Wildman–Crippen LogP) is 2.44. The molecule has 2 aliphatic rings. The van der Waals surface area contributed by atoms with Gasteiger partial charge in [0.2, 0.25) is 0 Å². The van der Waals surface area contributed by atoms with Crippen molar-refractivity contribution in [1.82, 2.24) is 0 Å². The van der Waals surface area contributed by atoms with Gasteiger partial charge in [0.25, 0.3) is 0 Å². The average molecular weight is 384 g/mol. The molecule has 0 aromatic rings. The van der Waals surface area contributed by atoms with Gasteiger partial charge in [-0.05, 0) is 38.2 Å². The number of hydrogen-bond donors (Lipinski definition) is 1. The number of allylic oxidation sites excluding steroid dienone is 1. The first kappa shape index (κ1) is 19.9. The van der Waals surface area contributed by atoms with Crippen LogP contribution in [0.3, 0.4) is 0 Å². The largest absolute Gasteiger partial charge is 0.465 e. The third-order valence-corrected chi connectivity index (χ3v) is 5.57. The van der Waals surface area contributed by atoms with Gasteiger partial charge in [-0.3, -0.25) is 14.1 Å². The van der Waals surface area contributed by atoms with E-state index in [0.29, 0.717) is 18.4 Å². The van der Waals surface area contributed by atoms with E-state index in [9.17, 15) is 31.2 Å². The van der Waals surface area contributed by atoms with Gasteiger partial charge in [-0.25, -0.2) is 4.39 Å². The van der Waals surface area contributed by atoms with Crippen molar-refractivity contribution in [3.63, 3.8) is 0 Å². The maximum atomic E-state index is 13.4. The van der Waals surface area contributed by atoms with Crippen molar-refractivity contribution in [1.29, 1.82) is 0 Å². The predicted molar refractivity (Wildman–Crippen MR) is 80.1 cm³/mol. The normalized spacial score (nSPS) is 28.3. The van der Waals surface area contributed by atoms with Crippen LogP contribution in [-0.4, -0.2) is 42.8 Å². The fraction of sp³-hybridized carbons (Fsp3) is 0.733. The number of ether oxygens (including phenoxy) is 1. The number of alkyl halides is 3. The zero-order chi connectivity index (χ0) is 19.0. The van der Waals surface area contributed by atoms with Crippen LogP contribution in [-0.2, 0) is 24.4 Å². The summed E-state index contributed by atoms with van der Waals surface area (Å²) in [5.41, 5.74) is -0.561. The van der Waals surface area contributed by atoms with E-state index >= 15 is 0 Å². The molecule has 142 valence electrons. The lowest BCUT2D eigenvalue weighted by Crippen LogP contribution is -2.41. The highest BCUT2D eigenvalue weighted by Gasteiger charge is 2.52. The zero-order valence-corrected chi connectivity index (χ0v) is 14.3. The monoisotopic (exact) mass is 384 g/mol. The molecule has 0 aromatic heterocycles. The molecule has 1 N–H and O–H groups in total. The quantitative estimate of drug-likeness (QED) is 0.558. The smallest absolute Gasteiger partial charge is 0.400 e. The highest BCUT2D eigenvalue weighted by molar-refractivity contribution is 7.86. The first-order valence-electron chi connectivity index (χ1n) is 7.80. The SMILES string of the molecule is CC1(C(=O)OCCC(F)C(F)(F)S(=O)(=O)O)C=C2CCCC(C1)C2=O. The summed E-state index contributed by atoms with van der Waals surface area (Å²) in [4.78, 5) is 24.2. The van der Waals surface area contributed by atoms with Gasteiger partial charge in [0, 0.05) is 12.3 Å². The third-order valence-electron chi connectivity index (χ3n) is 4.63. The van der Waals surface area contributed by atoms with E-state index in [1.54, 1.807) is 6.92 Å². The van der Waals surface area contributed by atoms with Crippen LogP contribution in [0.2, 0.25) is 0 Å². The fourth-order valence-electron chi connectivity index (χ4n) is 3.24. The van der Waals surface area contributed by atoms with E-state index in [1.165, 1.54) is 6.08 Å². The van der Waals surface area contributed by atoms with Crippen molar-refractivity contribution in [2.75, 3.05) is 6.61 Å². The molecule has 6 nitrogen and oxygen atoms in total. The number of esters is 1. The van der Waals surface area contributed by atoms with Gasteiger partial charge in [0.15, 0.2) is 12.0 Å². The Morgan fingerprint density at radius 1 is 1.52 bits per heavy atom. The van der Waals surface area contributed by atoms with Crippen molar-refractivity contribution in [2.45, 2.75) is 50.5 Å². The molecule has 2 bridgehead atoms. The second-order valence-corrected chi connectivity index (χ2v) is 8.17. The molecule has 3 atom stereocenters. The number of carbonyl (C=O) groups is 2. The van der Waals surface area contributed by atoms with Gasteiger partial charge < -0.3 is 4.74 Å². The first-order chi connectivity index (χ1) is 11.4. The number of fused-ring (bicyclic) bond motifs is 2. The minimum Gasteiger partial charge on any atom is -0.465 e. The minimum atomic E-state index is -5.90. The maximum absolute atomic E-state index is 13.4. The van der Waals surface area contributed by atoms with Crippen LogP contribution in [0.1, 0.15) is 39.0 Å². The van der Waals surface area contributed by atoms with E-state index in [0.717, 1.165) is 6.42 Å². The summed E-state index contributed by atoms with van der Waals surface area (Å²) in [6, 6.07) is 0. The minimum absolute atomic E-state index is 0.00754. The molecule has 1 saturated carbocycles. The number of Topliss-reactive ketones (excluding diaryl/α,β-unsaturated/α-hetero) is 1. The Morgan fingerprint density at radius 2 is 2.16 bits per heavy atom. The lowest BCUT2D eigenvalue weighted by molar-refractivity contribution is -0.155. The molecule has 0 amide bonds. The summed E-state index contributed by atoms with van der Waals surface area (Å²) in [5, 5.41) is -4.97. The molecule has 1 fully saturated rings.